The molecule has 5 nitrogen and oxygen atoms in total. The highest BCUT2D eigenvalue weighted by Crippen LogP contribution is 2.21. The van der Waals surface area contributed by atoms with Gasteiger partial charge in [0, 0.05) is 29.4 Å². The molecule has 0 spiro atoms. The van der Waals surface area contributed by atoms with Crippen LogP contribution in [0.5, 0.6) is 5.88 Å². The zero-order chi connectivity index (χ0) is 13.5. The molecule has 6 heteroatoms. The van der Waals surface area contributed by atoms with Crippen LogP contribution in [-0.4, -0.2) is 34.4 Å². The molecule has 3 N–H and O–H groups in total. The van der Waals surface area contributed by atoms with Crippen molar-refractivity contribution < 1.29 is 8.95 Å². The fourth-order valence-electron chi connectivity index (χ4n) is 1.23. The van der Waals surface area contributed by atoms with Crippen molar-refractivity contribution >= 4 is 22.3 Å². The molecule has 1 heterocycles. The monoisotopic (exact) mass is 271 g/mol. The van der Waals surface area contributed by atoms with E-state index in [9.17, 15) is 4.21 Å². The van der Waals surface area contributed by atoms with Crippen molar-refractivity contribution in [1.29, 1.82) is 0 Å². The summed E-state index contributed by atoms with van der Waals surface area (Å²) < 4.78 is 16.5. The van der Waals surface area contributed by atoms with Gasteiger partial charge in [-0.15, -0.1) is 0 Å². The molecule has 0 aliphatic carbocycles. The van der Waals surface area contributed by atoms with E-state index in [2.05, 4.69) is 24.1 Å². The summed E-state index contributed by atoms with van der Waals surface area (Å²) in [5.41, 5.74) is 6.32. The number of anilines is 2. The van der Waals surface area contributed by atoms with E-state index in [4.69, 9.17) is 10.5 Å². The normalized spacial score (nSPS) is 12.4. The largest absolute Gasteiger partial charge is 0.476 e. The molecule has 0 aliphatic rings. The fourth-order valence-corrected chi connectivity index (χ4v) is 1.62. The second kappa shape index (κ2) is 7.20. The number of nitrogens with one attached hydrogen (secondary N) is 1. The predicted molar refractivity (Wildman–Crippen MR) is 76.4 cm³/mol. The molecule has 0 saturated carbocycles. The van der Waals surface area contributed by atoms with Gasteiger partial charge in [-0.3, -0.25) is 4.21 Å². The Hall–Kier alpha value is -1.30. The number of ether oxygens (including phenoxy) is 1. The number of aromatic nitrogens is 1. The Bertz CT molecular complexity index is 410. The van der Waals surface area contributed by atoms with Crippen LogP contribution < -0.4 is 15.8 Å². The second-order valence-electron chi connectivity index (χ2n) is 4.50. The lowest BCUT2D eigenvalue weighted by molar-refractivity contribution is 0.263. The van der Waals surface area contributed by atoms with E-state index in [0.29, 0.717) is 42.2 Å². The molecule has 1 aromatic heterocycles. The third-order valence-electron chi connectivity index (χ3n) is 2.14. The molecule has 0 bridgehead atoms. The number of nitrogens with zero attached hydrogens (tertiary/aromatic N) is 1. The van der Waals surface area contributed by atoms with E-state index < -0.39 is 10.8 Å². The summed E-state index contributed by atoms with van der Waals surface area (Å²) >= 11 is 0. The number of pyridine rings is 1. The molecule has 0 amide bonds. The van der Waals surface area contributed by atoms with Gasteiger partial charge in [0.1, 0.15) is 5.82 Å². The minimum absolute atomic E-state index is 0.422. The first-order chi connectivity index (χ1) is 8.49. The minimum Gasteiger partial charge on any atom is -0.476 e. The minimum atomic E-state index is -0.805. The van der Waals surface area contributed by atoms with Gasteiger partial charge in [0.05, 0.1) is 12.3 Å². The topological polar surface area (TPSA) is 77.2 Å². The maximum absolute atomic E-state index is 10.9. The van der Waals surface area contributed by atoms with Gasteiger partial charge in [-0.05, 0) is 18.1 Å². The molecule has 1 atom stereocenters. The van der Waals surface area contributed by atoms with Gasteiger partial charge in [0.25, 0.3) is 0 Å². The average molecular weight is 271 g/mol. The van der Waals surface area contributed by atoms with Crippen molar-refractivity contribution in [3.8, 4) is 5.88 Å². The van der Waals surface area contributed by atoms with Crippen molar-refractivity contribution in [2.45, 2.75) is 13.8 Å². The highest BCUT2D eigenvalue weighted by molar-refractivity contribution is 7.84. The van der Waals surface area contributed by atoms with Crippen LogP contribution in [0.4, 0.5) is 11.5 Å². The highest BCUT2D eigenvalue weighted by Gasteiger charge is 2.05. The molecule has 18 heavy (non-hydrogen) atoms. The lowest BCUT2D eigenvalue weighted by Gasteiger charge is -2.12. The van der Waals surface area contributed by atoms with Crippen molar-refractivity contribution in [2.75, 3.05) is 36.2 Å². The van der Waals surface area contributed by atoms with Gasteiger partial charge in [0.2, 0.25) is 5.88 Å². The van der Waals surface area contributed by atoms with Gasteiger partial charge in [0.15, 0.2) is 0 Å². The standard InChI is InChI=1S/C12H21N3O2S/c1-9(2)8-17-12-10(13)4-5-11(15-12)14-6-7-18(3)16/h4-5,9H,6-8,13H2,1-3H3,(H,14,15). The Morgan fingerprint density at radius 2 is 2.22 bits per heavy atom. The van der Waals surface area contributed by atoms with E-state index in [1.165, 1.54) is 0 Å². The van der Waals surface area contributed by atoms with Gasteiger partial charge in [-0.1, -0.05) is 13.8 Å². The summed E-state index contributed by atoms with van der Waals surface area (Å²) in [6.45, 7) is 5.33. The van der Waals surface area contributed by atoms with Crippen LogP contribution in [-0.2, 0) is 10.8 Å². The van der Waals surface area contributed by atoms with Crippen LogP contribution in [0.3, 0.4) is 0 Å². The Morgan fingerprint density at radius 3 is 2.83 bits per heavy atom. The van der Waals surface area contributed by atoms with Gasteiger partial charge in [-0.25, -0.2) is 0 Å². The number of nitrogens with two attached hydrogens (primary N) is 1. The first kappa shape index (κ1) is 14.8. The first-order valence-corrected chi connectivity index (χ1v) is 7.65. The van der Waals surface area contributed by atoms with Crippen LogP contribution >= 0.6 is 0 Å². The second-order valence-corrected chi connectivity index (χ2v) is 6.05. The SMILES string of the molecule is CC(C)COc1nc(NCCS(C)=O)ccc1N. The van der Waals surface area contributed by atoms with E-state index in [1.807, 2.05) is 0 Å². The zero-order valence-electron chi connectivity index (χ0n) is 11.1. The molecule has 102 valence electrons. The highest BCUT2D eigenvalue weighted by atomic mass is 32.2. The first-order valence-electron chi connectivity index (χ1n) is 5.92. The number of nitrogen functional groups attached to an aromatic ring is 1. The summed E-state index contributed by atoms with van der Waals surface area (Å²) in [6, 6.07) is 3.55. The lowest BCUT2D eigenvalue weighted by atomic mass is 10.2. The quantitative estimate of drug-likeness (QED) is 0.785. The maximum atomic E-state index is 10.9. The van der Waals surface area contributed by atoms with Crippen molar-refractivity contribution in [3.05, 3.63) is 12.1 Å². The van der Waals surface area contributed by atoms with Crippen LogP contribution in [0, 0.1) is 5.92 Å². The summed E-state index contributed by atoms with van der Waals surface area (Å²) in [7, 11) is -0.805. The molecule has 1 aromatic rings. The number of hydrogen-bond acceptors (Lipinski definition) is 5. The Morgan fingerprint density at radius 1 is 1.50 bits per heavy atom. The van der Waals surface area contributed by atoms with Crippen LogP contribution in [0.15, 0.2) is 12.1 Å². The Labute approximate surface area is 111 Å². The third kappa shape index (κ3) is 5.35. The molecule has 0 saturated heterocycles. The van der Waals surface area contributed by atoms with Gasteiger partial charge >= 0.3 is 0 Å². The maximum Gasteiger partial charge on any atom is 0.239 e. The Kier molecular flexibility index (Phi) is 5.91. The lowest BCUT2D eigenvalue weighted by Crippen LogP contribution is -2.12. The van der Waals surface area contributed by atoms with Gasteiger partial charge in [-0.2, -0.15) is 4.98 Å². The van der Waals surface area contributed by atoms with Crippen LogP contribution in [0.1, 0.15) is 13.8 Å². The molecular weight excluding hydrogens is 250 g/mol. The zero-order valence-corrected chi connectivity index (χ0v) is 11.9. The number of rotatable bonds is 7. The van der Waals surface area contributed by atoms with E-state index in [-0.39, 0.29) is 0 Å². The van der Waals surface area contributed by atoms with Crippen LogP contribution in [0.2, 0.25) is 0 Å². The summed E-state index contributed by atoms with van der Waals surface area (Å²) in [5, 5.41) is 3.09. The average Bonchev–Trinajstić information content (AvgIpc) is 2.29. The Balaban J connectivity index is 2.59. The van der Waals surface area contributed by atoms with Gasteiger partial charge < -0.3 is 15.8 Å². The molecule has 0 aromatic carbocycles. The fraction of sp³-hybridized carbons (Fsp3) is 0.583. The summed E-state index contributed by atoms with van der Waals surface area (Å²) in [5.74, 6) is 2.15. The van der Waals surface area contributed by atoms with E-state index >= 15 is 0 Å². The third-order valence-corrected chi connectivity index (χ3v) is 2.92. The molecule has 0 radical (unpaired) electrons. The summed E-state index contributed by atoms with van der Waals surface area (Å²) in [6.07, 6.45) is 1.68. The predicted octanol–water partition coefficient (Wildman–Crippen LogP) is 1.49. The van der Waals surface area contributed by atoms with E-state index in [1.54, 1.807) is 18.4 Å². The van der Waals surface area contributed by atoms with Crippen molar-refractivity contribution in [3.63, 3.8) is 0 Å². The van der Waals surface area contributed by atoms with Crippen molar-refractivity contribution in [1.82, 2.24) is 4.98 Å². The molecule has 0 fully saturated rings. The van der Waals surface area contributed by atoms with E-state index in [0.717, 1.165) is 0 Å². The van der Waals surface area contributed by atoms with Crippen molar-refractivity contribution in [2.24, 2.45) is 5.92 Å². The smallest absolute Gasteiger partial charge is 0.239 e. The molecule has 1 rings (SSSR count). The molecule has 1 unspecified atom stereocenters. The van der Waals surface area contributed by atoms with Crippen LogP contribution in [0.25, 0.3) is 0 Å². The number of hydrogen-bond donors (Lipinski definition) is 2. The molecule has 0 aliphatic heterocycles. The summed E-state index contributed by atoms with van der Waals surface area (Å²) in [4.78, 5) is 4.28. The molecular formula is C12H21N3O2S.